The molecule has 0 spiro atoms. The first-order valence-electron chi connectivity index (χ1n) is 7.20. The molecule has 4 heteroatoms. The Labute approximate surface area is 110 Å². The fourth-order valence-electron chi connectivity index (χ4n) is 2.97. The van der Waals surface area contributed by atoms with Crippen LogP contribution in [0.25, 0.3) is 0 Å². The molecule has 4 nitrogen and oxygen atoms in total. The van der Waals surface area contributed by atoms with E-state index in [1.165, 1.54) is 19.3 Å². The predicted molar refractivity (Wildman–Crippen MR) is 71.6 cm³/mol. The molecule has 2 rings (SSSR count). The highest BCUT2D eigenvalue weighted by Gasteiger charge is 2.37. The number of carbonyl (C=O) groups is 1. The molecule has 0 aromatic heterocycles. The van der Waals surface area contributed by atoms with E-state index < -0.39 is 5.60 Å². The van der Waals surface area contributed by atoms with Crippen LogP contribution in [0, 0.1) is 0 Å². The number of likely N-dealkylation sites (tertiary alicyclic amines) is 1. The van der Waals surface area contributed by atoms with Gasteiger partial charge in [0.2, 0.25) is 0 Å². The van der Waals surface area contributed by atoms with E-state index in [0.29, 0.717) is 12.1 Å². The second kappa shape index (κ2) is 5.47. The van der Waals surface area contributed by atoms with Crippen molar-refractivity contribution in [1.29, 1.82) is 0 Å². The summed E-state index contributed by atoms with van der Waals surface area (Å²) < 4.78 is 5.50. The summed E-state index contributed by atoms with van der Waals surface area (Å²) in [6, 6.07) is 0.800. The van der Waals surface area contributed by atoms with Crippen LogP contribution in [0.3, 0.4) is 0 Å². The van der Waals surface area contributed by atoms with Gasteiger partial charge in [-0.05, 0) is 53.0 Å². The highest BCUT2D eigenvalue weighted by molar-refractivity contribution is 5.69. The topological polar surface area (TPSA) is 41.6 Å². The molecule has 2 aliphatic rings. The number of nitrogens with zero attached hydrogens (tertiary/aromatic N) is 1. The van der Waals surface area contributed by atoms with Crippen LogP contribution in [-0.4, -0.2) is 41.8 Å². The fraction of sp³-hybridized carbons (Fsp3) is 0.929. The molecule has 0 aromatic rings. The van der Waals surface area contributed by atoms with Crippen molar-refractivity contribution in [3.05, 3.63) is 0 Å². The maximum Gasteiger partial charge on any atom is 0.410 e. The summed E-state index contributed by atoms with van der Waals surface area (Å²) in [5, 5.41) is 3.56. The number of nitrogens with one attached hydrogen (secondary N) is 1. The Morgan fingerprint density at radius 3 is 2.61 bits per heavy atom. The van der Waals surface area contributed by atoms with Gasteiger partial charge in [0.1, 0.15) is 5.60 Å². The smallest absolute Gasteiger partial charge is 0.410 e. The molecule has 0 aromatic carbocycles. The largest absolute Gasteiger partial charge is 0.444 e. The standard InChI is InChI=1S/C14H26N2O2/c1-14(2,3)18-13(17)16-10-6-8-12(16)11-7-4-5-9-15-11/h11-12,15H,4-10H2,1-3H3. The summed E-state index contributed by atoms with van der Waals surface area (Å²) in [6.45, 7) is 7.71. The summed E-state index contributed by atoms with van der Waals surface area (Å²) in [5.74, 6) is 0. The molecule has 1 N–H and O–H groups in total. The van der Waals surface area contributed by atoms with E-state index in [0.717, 1.165) is 25.9 Å². The zero-order valence-electron chi connectivity index (χ0n) is 11.9. The lowest BCUT2D eigenvalue weighted by atomic mass is 9.96. The monoisotopic (exact) mass is 254 g/mol. The Bertz CT molecular complexity index is 293. The summed E-state index contributed by atoms with van der Waals surface area (Å²) in [7, 11) is 0. The van der Waals surface area contributed by atoms with Crippen LogP contribution < -0.4 is 5.32 Å². The van der Waals surface area contributed by atoms with Crippen molar-refractivity contribution in [3.63, 3.8) is 0 Å². The molecule has 2 unspecified atom stereocenters. The van der Waals surface area contributed by atoms with Crippen molar-refractivity contribution >= 4 is 6.09 Å². The first-order valence-corrected chi connectivity index (χ1v) is 7.20. The lowest BCUT2D eigenvalue weighted by Gasteiger charge is -2.35. The van der Waals surface area contributed by atoms with E-state index >= 15 is 0 Å². The van der Waals surface area contributed by atoms with E-state index in [1.54, 1.807) is 0 Å². The maximum atomic E-state index is 12.2. The summed E-state index contributed by atoms with van der Waals surface area (Å²) in [5.41, 5.74) is -0.399. The number of piperidine rings is 1. The molecular formula is C14H26N2O2. The van der Waals surface area contributed by atoms with Gasteiger partial charge in [-0.1, -0.05) is 6.42 Å². The Morgan fingerprint density at radius 2 is 2.00 bits per heavy atom. The third-order valence-corrected chi connectivity index (χ3v) is 3.74. The van der Waals surface area contributed by atoms with E-state index in [2.05, 4.69) is 5.32 Å². The number of hydrogen-bond acceptors (Lipinski definition) is 3. The molecule has 18 heavy (non-hydrogen) atoms. The minimum atomic E-state index is -0.399. The van der Waals surface area contributed by atoms with Crippen LogP contribution in [0.5, 0.6) is 0 Å². The highest BCUT2D eigenvalue weighted by atomic mass is 16.6. The zero-order chi connectivity index (χ0) is 13.2. The maximum absolute atomic E-state index is 12.2. The van der Waals surface area contributed by atoms with Gasteiger partial charge < -0.3 is 15.0 Å². The summed E-state index contributed by atoms with van der Waals surface area (Å²) in [6.07, 6.45) is 5.78. The first-order chi connectivity index (χ1) is 8.47. The van der Waals surface area contributed by atoms with Crippen molar-refractivity contribution in [1.82, 2.24) is 10.2 Å². The normalized spacial score (nSPS) is 29.4. The van der Waals surface area contributed by atoms with Crippen LogP contribution in [-0.2, 0) is 4.74 Å². The van der Waals surface area contributed by atoms with Crippen molar-refractivity contribution in [2.45, 2.75) is 70.6 Å². The second-order valence-electron chi connectivity index (χ2n) is 6.44. The number of amides is 1. The number of carbonyl (C=O) groups excluding carboxylic acids is 1. The highest BCUT2D eigenvalue weighted by Crippen LogP contribution is 2.26. The van der Waals surface area contributed by atoms with Gasteiger partial charge in [-0.25, -0.2) is 4.79 Å². The summed E-state index contributed by atoms with van der Waals surface area (Å²) >= 11 is 0. The second-order valence-corrected chi connectivity index (χ2v) is 6.44. The molecule has 0 aliphatic carbocycles. The molecule has 2 saturated heterocycles. The van der Waals surface area contributed by atoms with Crippen molar-refractivity contribution in [2.75, 3.05) is 13.1 Å². The van der Waals surface area contributed by atoms with Gasteiger partial charge in [-0.3, -0.25) is 0 Å². The van der Waals surface area contributed by atoms with Crippen molar-refractivity contribution < 1.29 is 9.53 Å². The van der Waals surface area contributed by atoms with Gasteiger partial charge in [0.25, 0.3) is 0 Å². The molecule has 104 valence electrons. The lowest BCUT2D eigenvalue weighted by molar-refractivity contribution is 0.0186. The van der Waals surface area contributed by atoms with E-state index in [4.69, 9.17) is 4.74 Å². The molecule has 1 amide bonds. The Hall–Kier alpha value is -0.770. The van der Waals surface area contributed by atoms with Crippen LogP contribution in [0.1, 0.15) is 52.9 Å². The van der Waals surface area contributed by atoms with Crippen LogP contribution >= 0.6 is 0 Å². The van der Waals surface area contributed by atoms with Crippen molar-refractivity contribution in [3.8, 4) is 0 Å². The molecule has 2 heterocycles. The van der Waals surface area contributed by atoms with E-state index in [1.807, 2.05) is 25.7 Å². The van der Waals surface area contributed by atoms with Crippen LogP contribution in [0.2, 0.25) is 0 Å². The third kappa shape index (κ3) is 3.37. The summed E-state index contributed by atoms with van der Waals surface area (Å²) in [4.78, 5) is 14.1. The van der Waals surface area contributed by atoms with Crippen LogP contribution in [0.15, 0.2) is 0 Å². The molecule has 2 aliphatic heterocycles. The minimum Gasteiger partial charge on any atom is -0.444 e. The van der Waals surface area contributed by atoms with Crippen LogP contribution in [0.4, 0.5) is 4.79 Å². The van der Waals surface area contributed by atoms with Gasteiger partial charge in [-0.2, -0.15) is 0 Å². The van der Waals surface area contributed by atoms with E-state index in [9.17, 15) is 4.79 Å². The number of rotatable bonds is 1. The van der Waals surface area contributed by atoms with Gasteiger partial charge in [0.05, 0.1) is 6.04 Å². The average molecular weight is 254 g/mol. The number of hydrogen-bond donors (Lipinski definition) is 1. The van der Waals surface area contributed by atoms with Gasteiger partial charge in [0.15, 0.2) is 0 Å². The SMILES string of the molecule is CC(C)(C)OC(=O)N1CCCC1C1CCCCN1. The fourth-order valence-corrected chi connectivity index (χ4v) is 2.97. The molecular weight excluding hydrogens is 228 g/mol. The van der Waals surface area contributed by atoms with Gasteiger partial charge >= 0.3 is 6.09 Å². The Kier molecular flexibility index (Phi) is 4.15. The van der Waals surface area contributed by atoms with Gasteiger partial charge in [0, 0.05) is 12.6 Å². The predicted octanol–water partition coefficient (Wildman–Crippen LogP) is 2.53. The Balaban J connectivity index is 1.96. The zero-order valence-corrected chi connectivity index (χ0v) is 11.9. The molecule has 2 atom stereocenters. The molecule has 0 bridgehead atoms. The van der Waals surface area contributed by atoms with Crippen molar-refractivity contribution in [2.24, 2.45) is 0 Å². The lowest BCUT2D eigenvalue weighted by Crippen LogP contribution is -2.51. The molecule has 0 saturated carbocycles. The average Bonchev–Trinajstić information content (AvgIpc) is 2.76. The Morgan fingerprint density at radius 1 is 1.22 bits per heavy atom. The number of ether oxygens (including phenoxy) is 1. The molecule has 0 radical (unpaired) electrons. The van der Waals surface area contributed by atoms with E-state index in [-0.39, 0.29) is 6.09 Å². The quantitative estimate of drug-likeness (QED) is 0.782. The first kappa shape index (κ1) is 13.7. The third-order valence-electron chi connectivity index (χ3n) is 3.74. The minimum absolute atomic E-state index is 0.141. The van der Waals surface area contributed by atoms with Gasteiger partial charge in [-0.15, -0.1) is 0 Å². The molecule has 2 fully saturated rings.